The highest BCUT2D eigenvalue weighted by atomic mass is 16.7. The topological polar surface area (TPSA) is 154 Å². The second-order valence-corrected chi connectivity index (χ2v) is 6.03. The molecule has 0 bridgehead atoms. The molecule has 0 aromatic heterocycles. The Hall–Kier alpha value is -4.47. The zero-order chi connectivity index (χ0) is 21.7. The highest BCUT2D eigenvalue weighted by Gasteiger charge is 2.25. The second-order valence-electron chi connectivity index (χ2n) is 6.03. The van der Waals surface area contributed by atoms with Gasteiger partial charge in [-0.3, -0.25) is 14.4 Å². The van der Waals surface area contributed by atoms with Gasteiger partial charge < -0.3 is 21.0 Å². The maximum Gasteiger partial charge on any atom is 0.365 e. The van der Waals surface area contributed by atoms with E-state index in [1.54, 1.807) is 24.3 Å². The van der Waals surface area contributed by atoms with Crippen molar-refractivity contribution in [3.63, 3.8) is 0 Å². The number of amidine groups is 1. The molecule has 10 nitrogen and oxygen atoms in total. The number of nitrogens with two attached hydrogens (primary N) is 2. The number of imide groups is 1. The Morgan fingerprint density at radius 2 is 1.43 bits per heavy atom. The van der Waals surface area contributed by atoms with E-state index in [0.29, 0.717) is 17.0 Å². The smallest absolute Gasteiger partial charge is 0.365 e. The van der Waals surface area contributed by atoms with Crippen molar-refractivity contribution in [2.45, 2.75) is 0 Å². The van der Waals surface area contributed by atoms with Crippen LogP contribution in [0.25, 0.3) is 0 Å². The van der Waals surface area contributed by atoms with Gasteiger partial charge in [-0.2, -0.15) is 0 Å². The Balaban J connectivity index is 1.61. The lowest BCUT2D eigenvalue weighted by Crippen LogP contribution is -2.29. The maximum atomic E-state index is 12.1. The van der Waals surface area contributed by atoms with E-state index in [-0.39, 0.29) is 18.0 Å². The molecule has 152 valence electrons. The summed E-state index contributed by atoms with van der Waals surface area (Å²) in [6.07, 6.45) is 2.33. The fraction of sp³-hybridized carbons (Fsp3) is 0.0500. The van der Waals surface area contributed by atoms with Crippen molar-refractivity contribution in [3.05, 3.63) is 71.8 Å². The SMILES string of the molecule is NC(=O)COc1ccc(/C(N)=N/OC(=O)c2ccc(N3C(=O)C=CC3=O)cc2)cc1. The predicted octanol–water partition coefficient (Wildman–Crippen LogP) is 0.457. The number of amides is 3. The molecular formula is C20H16N4O6. The van der Waals surface area contributed by atoms with Crippen LogP contribution in [0.2, 0.25) is 0 Å². The van der Waals surface area contributed by atoms with Crippen LogP contribution in [0.5, 0.6) is 5.75 Å². The minimum Gasteiger partial charge on any atom is -0.484 e. The van der Waals surface area contributed by atoms with Crippen molar-refractivity contribution >= 4 is 35.2 Å². The van der Waals surface area contributed by atoms with Gasteiger partial charge in [0.05, 0.1) is 11.3 Å². The maximum absolute atomic E-state index is 12.1. The number of carbonyl (C=O) groups is 4. The molecule has 2 aromatic rings. The number of primary amides is 1. The number of anilines is 1. The molecule has 0 unspecified atom stereocenters. The van der Waals surface area contributed by atoms with Crippen LogP contribution in [0.1, 0.15) is 15.9 Å². The molecule has 2 aromatic carbocycles. The van der Waals surface area contributed by atoms with Gasteiger partial charge >= 0.3 is 5.97 Å². The summed E-state index contributed by atoms with van der Waals surface area (Å²) in [6, 6.07) is 11.9. The Morgan fingerprint density at radius 1 is 0.867 bits per heavy atom. The summed E-state index contributed by atoms with van der Waals surface area (Å²) in [5.74, 6) is -1.94. The van der Waals surface area contributed by atoms with Crippen LogP contribution < -0.4 is 21.1 Å². The molecule has 3 amide bonds. The molecule has 1 aliphatic heterocycles. The molecular weight excluding hydrogens is 392 g/mol. The number of benzene rings is 2. The van der Waals surface area contributed by atoms with Crippen molar-refractivity contribution in [1.82, 2.24) is 0 Å². The molecule has 30 heavy (non-hydrogen) atoms. The summed E-state index contributed by atoms with van der Waals surface area (Å²) in [4.78, 5) is 52.0. The largest absolute Gasteiger partial charge is 0.484 e. The van der Waals surface area contributed by atoms with E-state index in [4.69, 9.17) is 21.0 Å². The summed E-state index contributed by atoms with van der Waals surface area (Å²) in [7, 11) is 0. The van der Waals surface area contributed by atoms with E-state index in [1.165, 1.54) is 36.4 Å². The van der Waals surface area contributed by atoms with Crippen LogP contribution in [0.3, 0.4) is 0 Å². The quantitative estimate of drug-likeness (QED) is 0.222. The summed E-state index contributed by atoms with van der Waals surface area (Å²) >= 11 is 0. The summed E-state index contributed by atoms with van der Waals surface area (Å²) in [5.41, 5.74) is 11.7. The van der Waals surface area contributed by atoms with E-state index >= 15 is 0 Å². The van der Waals surface area contributed by atoms with Gasteiger partial charge in [-0.15, -0.1) is 0 Å². The lowest BCUT2D eigenvalue weighted by molar-refractivity contribution is -0.121. The predicted molar refractivity (Wildman–Crippen MR) is 105 cm³/mol. The molecule has 0 aliphatic carbocycles. The molecule has 0 fully saturated rings. The number of carbonyl (C=O) groups excluding carboxylic acids is 4. The van der Waals surface area contributed by atoms with Crippen molar-refractivity contribution in [1.29, 1.82) is 0 Å². The number of oxime groups is 1. The van der Waals surface area contributed by atoms with Crippen LogP contribution >= 0.6 is 0 Å². The van der Waals surface area contributed by atoms with Crippen LogP contribution in [-0.4, -0.2) is 36.1 Å². The number of nitrogens with zero attached hydrogens (tertiary/aromatic N) is 2. The van der Waals surface area contributed by atoms with E-state index in [0.717, 1.165) is 4.90 Å². The van der Waals surface area contributed by atoms with Crippen molar-refractivity contribution in [2.24, 2.45) is 16.6 Å². The van der Waals surface area contributed by atoms with Gasteiger partial charge in [-0.05, 0) is 48.5 Å². The van der Waals surface area contributed by atoms with Gasteiger partial charge in [0.2, 0.25) is 0 Å². The van der Waals surface area contributed by atoms with Gasteiger partial charge in [0.1, 0.15) is 5.75 Å². The third kappa shape index (κ3) is 4.68. The third-order valence-electron chi connectivity index (χ3n) is 3.93. The zero-order valence-electron chi connectivity index (χ0n) is 15.5. The molecule has 3 rings (SSSR count). The zero-order valence-corrected chi connectivity index (χ0v) is 15.5. The number of hydrogen-bond acceptors (Lipinski definition) is 7. The number of hydrogen-bond donors (Lipinski definition) is 2. The first-order valence-electron chi connectivity index (χ1n) is 8.57. The molecule has 1 heterocycles. The summed E-state index contributed by atoms with van der Waals surface area (Å²) < 4.78 is 5.13. The van der Waals surface area contributed by atoms with E-state index < -0.39 is 23.7 Å². The summed E-state index contributed by atoms with van der Waals surface area (Å²) in [6.45, 7) is -0.254. The molecule has 0 atom stereocenters. The molecule has 0 saturated heterocycles. The normalized spacial score (nSPS) is 13.5. The monoisotopic (exact) mass is 408 g/mol. The first-order chi connectivity index (χ1) is 14.3. The van der Waals surface area contributed by atoms with Gasteiger partial charge in [0, 0.05) is 17.7 Å². The minimum absolute atomic E-state index is 0.0549. The minimum atomic E-state index is -0.775. The lowest BCUT2D eigenvalue weighted by Gasteiger charge is -2.13. The fourth-order valence-corrected chi connectivity index (χ4v) is 2.47. The molecule has 0 radical (unpaired) electrons. The van der Waals surface area contributed by atoms with E-state index in [1.807, 2.05) is 0 Å². The Bertz CT molecular complexity index is 1040. The molecule has 4 N–H and O–H groups in total. The highest BCUT2D eigenvalue weighted by molar-refractivity contribution is 6.28. The van der Waals surface area contributed by atoms with Crippen LogP contribution in [-0.2, 0) is 19.2 Å². The first-order valence-corrected chi connectivity index (χ1v) is 8.57. The second kappa shape index (κ2) is 8.69. The average Bonchev–Trinajstić information content (AvgIpc) is 3.08. The van der Waals surface area contributed by atoms with Gasteiger partial charge in [0.15, 0.2) is 12.4 Å². The van der Waals surface area contributed by atoms with Gasteiger partial charge in [0.25, 0.3) is 17.7 Å². The lowest BCUT2D eigenvalue weighted by atomic mass is 10.2. The van der Waals surface area contributed by atoms with Crippen LogP contribution in [0, 0.1) is 0 Å². The highest BCUT2D eigenvalue weighted by Crippen LogP contribution is 2.20. The number of ether oxygens (including phenoxy) is 1. The Labute approximate surface area is 170 Å². The van der Waals surface area contributed by atoms with E-state index in [2.05, 4.69) is 5.16 Å². The first kappa shape index (κ1) is 20.3. The van der Waals surface area contributed by atoms with E-state index in [9.17, 15) is 19.2 Å². The molecule has 0 saturated carbocycles. The van der Waals surface area contributed by atoms with Crippen molar-refractivity contribution < 1.29 is 28.8 Å². The average molecular weight is 408 g/mol. The van der Waals surface area contributed by atoms with Crippen LogP contribution in [0.15, 0.2) is 65.8 Å². The third-order valence-corrected chi connectivity index (χ3v) is 3.93. The molecule has 1 aliphatic rings. The molecule has 0 spiro atoms. The Kier molecular flexibility index (Phi) is 5.87. The van der Waals surface area contributed by atoms with Crippen molar-refractivity contribution in [3.8, 4) is 5.75 Å². The standard InChI is InChI=1S/C20H16N4O6/c21-16(25)11-29-15-7-3-12(4-8-15)19(22)23-30-20(28)13-1-5-14(6-2-13)24-17(26)9-10-18(24)27/h1-10H,11H2,(H2,21,25)(H2,22,23). The summed E-state index contributed by atoms with van der Waals surface area (Å²) in [5, 5.41) is 3.60. The van der Waals surface area contributed by atoms with Crippen LogP contribution in [0.4, 0.5) is 5.69 Å². The Morgan fingerprint density at radius 3 is 2.00 bits per heavy atom. The van der Waals surface area contributed by atoms with Crippen molar-refractivity contribution in [2.75, 3.05) is 11.5 Å². The molecule has 10 heteroatoms. The van der Waals surface area contributed by atoms with Gasteiger partial charge in [-0.25, -0.2) is 9.69 Å². The number of rotatable bonds is 7. The van der Waals surface area contributed by atoms with Gasteiger partial charge in [-0.1, -0.05) is 5.16 Å². The fourth-order valence-electron chi connectivity index (χ4n) is 2.47.